The van der Waals surface area contributed by atoms with E-state index in [4.69, 9.17) is 9.47 Å². The van der Waals surface area contributed by atoms with E-state index in [2.05, 4.69) is 32.7 Å². The Bertz CT molecular complexity index is 578. The van der Waals surface area contributed by atoms with Gasteiger partial charge in [0.05, 0.1) is 18.9 Å². The van der Waals surface area contributed by atoms with Crippen LogP contribution in [0.1, 0.15) is 25.7 Å². The summed E-state index contributed by atoms with van der Waals surface area (Å²) < 4.78 is 11.2. The number of guanidine groups is 1. The Hall–Kier alpha value is -1.22. The van der Waals surface area contributed by atoms with Crippen LogP contribution in [0.2, 0.25) is 0 Å². The van der Waals surface area contributed by atoms with Crippen molar-refractivity contribution in [2.45, 2.75) is 37.8 Å². The number of halogens is 1. The lowest BCUT2D eigenvalue weighted by Crippen LogP contribution is -2.45. The highest BCUT2D eigenvalue weighted by Gasteiger charge is 2.25. The molecule has 1 aromatic carbocycles. The predicted octanol–water partition coefficient (Wildman–Crippen LogP) is 2.63. The first kappa shape index (κ1) is 21.1. The van der Waals surface area contributed by atoms with Crippen molar-refractivity contribution in [1.29, 1.82) is 0 Å². The minimum Gasteiger partial charge on any atom is -0.495 e. The van der Waals surface area contributed by atoms with Gasteiger partial charge in [0.25, 0.3) is 0 Å². The molecule has 2 atom stereocenters. The highest BCUT2D eigenvalue weighted by Crippen LogP contribution is 2.30. The van der Waals surface area contributed by atoms with Crippen molar-refractivity contribution >= 4 is 35.6 Å². The molecule has 1 aromatic rings. The van der Waals surface area contributed by atoms with Crippen LogP contribution in [0.3, 0.4) is 0 Å². The third kappa shape index (κ3) is 5.64. The average Bonchev–Trinajstić information content (AvgIpc) is 3.32. The number of nitrogens with one attached hydrogen (secondary N) is 2. The molecule has 26 heavy (non-hydrogen) atoms. The molecule has 2 N–H and O–H groups in total. The van der Waals surface area contributed by atoms with Crippen LogP contribution >= 0.6 is 24.0 Å². The van der Waals surface area contributed by atoms with Gasteiger partial charge in [-0.05, 0) is 37.8 Å². The maximum atomic E-state index is 5.67. The quantitative estimate of drug-likeness (QED) is 0.377. The Balaban J connectivity index is 0.00000243. The first-order chi connectivity index (χ1) is 12.3. The molecule has 2 heterocycles. The van der Waals surface area contributed by atoms with Crippen LogP contribution in [0.25, 0.3) is 0 Å². The van der Waals surface area contributed by atoms with Crippen molar-refractivity contribution in [2.75, 3.05) is 45.3 Å². The minimum atomic E-state index is 0. The maximum Gasteiger partial charge on any atom is 0.191 e. The Labute approximate surface area is 173 Å². The fourth-order valence-corrected chi connectivity index (χ4v) is 3.60. The van der Waals surface area contributed by atoms with Crippen molar-refractivity contribution in [3.05, 3.63) is 24.3 Å². The molecule has 2 aliphatic rings. The Morgan fingerprint density at radius 2 is 2.19 bits per heavy atom. The van der Waals surface area contributed by atoms with E-state index in [1.54, 1.807) is 7.11 Å². The summed E-state index contributed by atoms with van der Waals surface area (Å²) in [4.78, 5) is 6.73. The Morgan fingerprint density at radius 1 is 1.35 bits per heavy atom. The molecular weight excluding hydrogens is 443 g/mol. The van der Waals surface area contributed by atoms with E-state index in [-0.39, 0.29) is 24.0 Å². The summed E-state index contributed by atoms with van der Waals surface area (Å²) in [6.07, 6.45) is 4.92. The number of hydrogen-bond acceptors (Lipinski definition) is 4. The number of hydrogen-bond donors (Lipinski definition) is 2. The lowest BCUT2D eigenvalue weighted by atomic mass is 10.2. The normalized spacial score (nSPS) is 22.8. The van der Waals surface area contributed by atoms with Crippen LogP contribution in [0, 0.1) is 0 Å². The van der Waals surface area contributed by atoms with Crippen LogP contribution in [0.5, 0.6) is 5.75 Å². The first-order valence-electron chi connectivity index (χ1n) is 9.27. The first-order valence-corrected chi connectivity index (χ1v) is 9.27. The lowest BCUT2D eigenvalue weighted by molar-refractivity contribution is 0.105. The van der Waals surface area contributed by atoms with Crippen molar-refractivity contribution in [1.82, 2.24) is 10.6 Å². The van der Waals surface area contributed by atoms with Gasteiger partial charge in [0.15, 0.2) is 5.96 Å². The molecule has 0 radical (unpaired) electrons. The summed E-state index contributed by atoms with van der Waals surface area (Å²) in [5.74, 6) is 1.81. The molecule has 0 saturated carbocycles. The summed E-state index contributed by atoms with van der Waals surface area (Å²) in [5.41, 5.74) is 1.16. The zero-order valence-corrected chi connectivity index (χ0v) is 18.1. The van der Waals surface area contributed by atoms with Crippen LogP contribution in [-0.2, 0) is 4.74 Å². The van der Waals surface area contributed by atoms with E-state index in [1.165, 1.54) is 12.8 Å². The minimum absolute atomic E-state index is 0. The van der Waals surface area contributed by atoms with Crippen LogP contribution in [-0.4, -0.2) is 58.5 Å². The monoisotopic (exact) mass is 474 g/mol. The SMILES string of the molecule is CN=C(NCCC1CCCO1)NC1CCN(c2ccccc2OC)C1.I. The highest BCUT2D eigenvalue weighted by atomic mass is 127. The van der Waals surface area contributed by atoms with Gasteiger partial charge in [0, 0.05) is 39.3 Å². The van der Waals surface area contributed by atoms with Crippen LogP contribution < -0.4 is 20.3 Å². The van der Waals surface area contributed by atoms with E-state index in [1.807, 2.05) is 19.2 Å². The second kappa shape index (κ2) is 10.8. The molecule has 0 spiro atoms. The van der Waals surface area contributed by atoms with Crippen LogP contribution in [0.15, 0.2) is 29.3 Å². The summed E-state index contributed by atoms with van der Waals surface area (Å²) >= 11 is 0. The second-order valence-electron chi connectivity index (χ2n) is 6.67. The number of ether oxygens (including phenoxy) is 2. The van der Waals surface area contributed by atoms with Gasteiger partial charge in [-0.1, -0.05) is 12.1 Å². The predicted molar refractivity (Wildman–Crippen MR) is 117 cm³/mol. The largest absolute Gasteiger partial charge is 0.495 e. The van der Waals surface area contributed by atoms with Gasteiger partial charge in [0.2, 0.25) is 0 Å². The number of methoxy groups -OCH3 is 1. The molecule has 2 fully saturated rings. The van der Waals surface area contributed by atoms with E-state index < -0.39 is 0 Å². The van der Waals surface area contributed by atoms with E-state index >= 15 is 0 Å². The van der Waals surface area contributed by atoms with Crippen molar-refractivity contribution in [3.63, 3.8) is 0 Å². The van der Waals surface area contributed by atoms with E-state index in [9.17, 15) is 0 Å². The number of nitrogens with zero attached hydrogens (tertiary/aromatic N) is 2. The molecule has 0 amide bonds. The summed E-state index contributed by atoms with van der Waals surface area (Å²) in [7, 11) is 3.55. The van der Waals surface area contributed by atoms with Gasteiger partial charge in [-0.15, -0.1) is 24.0 Å². The molecule has 2 unspecified atom stereocenters. The molecule has 2 aliphatic heterocycles. The number of anilines is 1. The number of aliphatic imine (C=N–C) groups is 1. The fraction of sp³-hybridized carbons (Fsp3) is 0.632. The Kier molecular flexibility index (Phi) is 8.77. The molecule has 0 bridgehead atoms. The number of para-hydroxylation sites is 2. The van der Waals surface area contributed by atoms with Gasteiger partial charge in [-0.2, -0.15) is 0 Å². The topological polar surface area (TPSA) is 58.1 Å². The van der Waals surface area contributed by atoms with Crippen molar-refractivity contribution in [3.8, 4) is 5.75 Å². The molecule has 6 nitrogen and oxygen atoms in total. The van der Waals surface area contributed by atoms with Gasteiger partial charge >= 0.3 is 0 Å². The fourth-order valence-electron chi connectivity index (χ4n) is 3.60. The van der Waals surface area contributed by atoms with Gasteiger partial charge in [-0.25, -0.2) is 0 Å². The summed E-state index contributed by atoms with van der Waals surface area (Å²) in [6.45, 7) is 3.78. The van der Waals surface area contributed by atoms with Crippen molar-refractivity contribution < 1.29 is 9.47 Å². The van der Waals surface area contributed by atoms with Gasteiger partial charge in [0.1, 0.15) is 5.75 Å². The summed E-state index contributed by atoms with van der Waals surface area (Å²) in [6, 6.07) is 8.59. The molecule has 146 valence electrons. The lowest BCUT2D eigenvalue weighted by Gasteiger charge is -2.22. The van der Waals surface area contributed by atoms with E-state index in [0.29, 0.717) is 12.1 Å². The third-order valence-corrected chi connectivity index (χ3v) is 4.96. The number of benzene rings is 1. The van der Waals surface area contributed by atoms with Crippen molar-refractivity contribution in [2.24, 2.45) is 4.99 Å². The highest BCUT2D eigenvalue weighted by molar-refractivity contribution is 14.0. The van der Waals surface area contributed by atoms with Crippen LogP contribution in [0.4, 0.5) is 5.69 Å². The molecule has 2 saturated heterocycles. The van der Waals surface area contributed by atoms with Gasteiger partial charge in [-0.3, -0.25) is 4.99 Å². The zero-order chi connectivity index (χ0) is 17.5. The smallest absolute Gasteiger partial charge is 0.191 e. The molecule has 0 aliphatic carbocycles. The standard InChI is InChI=1S/C19H30N4O2.HI/c1-20-19(21-11-9-16-6-5-13-25-16)22-15-10-12-23(14-15)17-7-3-4-8-18(17)24-2;/h3-4,7-8,15-16H,5-6,9-14H2,1-2H3,(H2,20,21,22);1H. The molecule has 7 heteroatoms. The average molecular weight is 474 g/mol. The van der Waals surface area contributed by atoms with E-state index in [0.717, 1.165) is 56.5 Å². The molecule has 3 rings (SSSR count). The third-order valence-electron chi connectivity index (χ3n) is 4.96. The second-order valence-corrected chi connectivity index (χ2v) is 6.67. The molecular formula is C19H31IN4O2. The number of rotatable bonds is 6. The zero-order valence-electron chi connectivity index (χ0n) is 15.7. The summed E-state index contributed by atoms with van der Waals surface area (Å²) in [5, 5.41) is 6.96. The molecule has 0 aromatic heterocycles. The maximum absolute atomic E-state index is 5.67. The Morgan fingerprint density at radius 3 is 2.92 bits per heavy atom. The van der Waals surface area contributed by atoms with Gasteiger partial charge < -0.3 is 25.0 Å².